The van der Waals surface area contributed by atoms with Gasteiger partial charge in [-0.1, -0.05) is 0 Å². The summed E-state index contributed by atoms with van der Waals surface area (Å²) < 4.78 is 13.4. The van der Waals surface area contributed by atoms with Crippen molar-refractivity contribution < 1.29 is 4.39 Å². The fourth-order valence-electron chi connectivity index (χ4n) is 1.54. The molecule has 0 bridgehead atoms. The summed E-state index contributed by atoms with van der Waals surface area (Å²) in [7, 11) is 0. The summed E-state index contributed by atoms with van der Waals surface area (Å²) in [5.41, 5.74) is 2.24. The smallest absolute Gasteiger partial charge is 0.222 e. The highest BCUT2D eigenvalue weighted by molar-refractivity contribution is 5.73. The number of rotatable bonds is 1. The van der Waals surface area contributed by atoms with Crippen molar-refractivity contribution in [2.45, 2.75) is 0 Å². The molecule has 3 rings (SSSR count). The average molecular weight is 214 g/mol. The molecule has 0 radical (unpaired) electrons. The molecule has 0 atom stereocenters. The summed E-state index contributed by atoms with van der Waals surface area (Å²) in [5.74, 6) is -0.535. The molecule has 0 unspecified atom stereocenters. The second-order valence-corrected chi connectivity index (χ2v) is 3.31. The van der Waals surface area contributed by atoms with Crippen molar-refractivity contribution in [1.82, 2.24) is 19.9 Å². The maximum Gasteiger partial charge on any atom is 0.222 e. The molecule has 1 N–H and O–H groups in total. The fraction of sp³-hybridized carbons (Fsp3) is 0. The third-order valence-electron chi connectivity index (χ3n) is 2.30. The fourth-order valence-corrected chi connectivity index (χ4v) is 1.54. The second kappa shape index (κ2) is 3.37. The first-order valence-corrected chi connectivity index (χ1v) is 4.75. The number of halogens is 1. The van der Waals surface area contributed by atoms with E-state index in [0.29, 0.717) is 22.4 Å². The molecule has 0 aromatic carbocycles. The van der Waals surface area contributed by atoms with Crippen LogP contribution in [0.3, 0.4) is 0 Å². The van der Waals surface area contributed by atoms with Crippen molar-refractivity contribution in [1.29, 1.82) is 0 Å². The zero-order valence-electron chi connectivity index (χ0n) is 8.18. The van der Waals surface area contributed by atoms with Gasteiger partial charge in [-0.25, -0.2) is 15.0 Å². The number of aromatic nitrogens is 4. The van der Waals surface area contributed by atoms with Gasteiger partial charge in [-0.3, -0.25) is 0 Å². The van der Waals surface area contributed by atoms with E-state index >= 15 is 0 Å². The first kappa shape index (κ1) is 8.96. The zero-order valence-corrected chi connectivity index (χ0v) is 8.18. The third-order valence-corrected chi connectivity index (χ3v) is 2.30. The molecule has 3 aromatic heterocycles. The quantitative estimate of drug-likeness (QED) is 0.631. The molecule has 0 aliphatic heterocycles. The van der Waals surface area contributed by atoms with E-state index in [-0.39, 0.29) is 0 Å². The van der Waals surface area contributed by atoms with Gasteiger partial charge in [-0.15, -0.1) is 0 Å². The number of hydrogen-bond donors (Lipinski definition) is 1. The lowest BCUT2D eigenvalue weighted by Gasteiger charge is -2.00. The molecule has 0 saturated carbocycles. The average Bonchev–Trinajstić information content (AvgIpc) is 2.76. The Kier molecular flexibility index (Phi) is 1.89. The SMILES string of the molecule is Fc1ncccc1-c1cnc2[nH]ccc2n1. The molecule has 0 fully saturated rings. The van der Waals surface area contributed by atoms with Crippen LogP contribution in [0.1, 0.15) is 0 Å². The standard InChI is InChI=1S/C11H7FN4/c12-10-7(2-1-4-13-10)9-6-15-11-8(16-9)3-5-14-11/h1-6H,(H,14,15). The van der Waals surface area contributed by atoms with Crippen LogP contribution in [0.15, 0.2) is 36.8 Å². The number of H-pyrrole nitrogens is 1. The van der Waals surface area contributed by atoms with Crippen molar-refractivity contribution in [2.24, 2.45) is 0 Å². The Morgan fingerprint density at radius 2 is 2.12 bits per heavy atom. The molecule has 4 nitrogen and oxygen atoms in total. The second-order valence-electron chi connectivity index (χ2n) is 3.31. The number of fused-ring (bicyclic) bond motifs is 1. The Morgan fingerprint density at radius 3 is 3.00 bits per heavy atom. The molecule has 16 heavy (non-hydrogen) atoms. The number of nitrogens with zero attached hydrogens (tertiary/aromatic N) is 3. The van der Waals surface area contributed by atoms with Gasteiger partial charge in [0.05, 0.1) is 17.5 Å². The van der Waals surface area contributed by atoms with Crippen molar-refractivity contribution in [2.75, 3.05) is 0 Å². The van der Waals surface area contributed by atoms with Crippen molar-refractivity contribution >= 4 is 11.2 Å². The lowest BCUT2D eigenvalue weighted by molar-refractivity contribution is 0.587. The van der Waals surface area contributed by atoms with E-state index < -0.39 is 5.95 Å². The van der Waals surface area contributed by atoms with Crippen LogP contribution in [-0.2, 0) is 0 Å². The van der Waals surface area contributed by atoms with Crippen LogP contribution in [0, 0.1) is 5.95 Å². The Labute approximate surface area is 90.2 Å². The minimum atomic E-state index is -0.535. The van der Waals surface area contributed by atoms with E-state index in [0.717, 1.165) is 0 Å². The Balaban J connectivity index is 2.22. The molecule has 0 amide bonds. The maximum atomic E-state index is 13.4. The third kappa shape index (κ3) is 1.33. The maximum absolute atomic E-state index is 13.4. The number of hydrogen-bond acceptors (Lipinski definition) is 3. The summed E-state index contributed by atoms with van der Waals surface area (Å²) in [6.45, 7) is 0. The summed E-state index contributed by atoms with van der Waals surface area (Å²) in [6.07, 6.45) is 4.67. The summed E-state index contributed by atoms with van der Waals surface area (Å²) in [5, 5.41) is 0. The van der Waals surface area contributed by atoms with E-state index in [1.807, 2.05) is 0 Å². The van der Waals surface area contributed by atoms with Crippen molar-refractivity contribution in [3.8, 4) is 11.3 Å². The predicted molar refractivity (Wildman–Crippen MR) is 57.1 cm³/mol. The number of aromatic amines is 1. The van der Waals surface area contributed by atoms with Gasteiger partial charge in [0.2, 0.25) is 5.95 Å². The summed E-state index contributed by atoms with van der Waals surface area (Å²) in [6, 6.07) is 5.09. The summed E-state index contributed by atoms with van der Waals surface area (Å²) >= 11 is 0. The van der Waals surface area contributed by atoms with Gasteiger partial charge in [-0.05, 0) is 18.2 Å². The van der Waals surface area contributed by atoms with Crippen molar-refractivity contribution in [3.63, 3.8) is 0 Å². The highest BCUT2D eigenvalue weighted by Gasteiger charge is 2.08. The Bertz CT molecular complexity index is 647. The van der Waals surface area contributed by atoms with Gasteiger partial charge in [0.1, 0.15) is 5.52 Å². The van der Waals surface area contributed by atoms with Crippen LogP contribution in [0.5, 0.6) is 0 Å². The van der Waals surface area contributed by atoms with E-state index in [4.69, 9.17) is 0 Å². The first-order valence-electron chi connectivity index (χ1n) is 4.75. The van der Waals surface area contributed by atoms with Crippen LogP contribution in [0.2, 0.25) is 0 Å². The molecule has 3 aromatic rings. The van der Waals surface area contributed by atoms with E-state index in [2.05, 4.69) is 19.9 Å². The molecule has 3 heterocycles. The van der Waals surface area contributed by atoms with Gasteiger partial charge in [0.25, 0.3) is 0 Å². The molecule has 0 saturated heterocycles. The highest BCUT2D eigenvalue weighted by atomic mass is 19.1. The first-order chi connectivity index (χ1) is 7.84. The van der Waals surface area contributed by atoms with Crippen LogP contribution in [-0.4, -0.2) is 19.9 Å². The lowest BCUT2D eigenvalue weighted by Crippen LogP contribution is -1.92. The molecule has 0 aliphatic carbocycles. The molecule has 0 spiro atoms. The molecule has 78 valence electrons. The minimum Gasteiger partial charge on any atom is -0.345 e. The van der Waals surface area contributed by atoms with Gasteiger partial charge in [0.15, 0.2) is 5.65 Å². The van der Waals surface area contributed by atoms with Gasteiger partial charge in [-0.2, -0.15) is 4.39 Å². The number of nitrogens with one attached hydrogen (secondary N) is 1. The normalized spacial score (nSPS) is 10.8. The van der Waals surface area contributed by atoms with Crippen LogP contribution in [0.4, 0.5) is 4.39 Å². The zero-order chi connectivity index (χ0) is 11.0. The summed E-state index contributed by atoms with van der Waals surface area (Å²) in [4.78, 5) is 14.9. The highest BCUT2D eigenvalue weighted by Crippen LogP contribution is 2.19. The Morgan fingerprint density at radius 1 is 1.19 bits per heavy atom. The lowest BCUT2D eigenvalue weighted by atomic mass is 10.2. The Hall–Kier alpha value is -2.30. The topological polar surface area (TPSA) is 54.5 Å². The minimum absolute atomic E-state index is 0.359. The van der Waals surface area contributed by atoms with E-state index in [9.17, 15) is 4.39 Å². The van der Waals surface area contributed by atoms with E-state index in [1.165, 1.54) is 12.4 Å². The molecule has 0 aliphatic rings. The van der Waals surface area contributed by atoms with Gasteiger partial charge >= 0.3 is 0 Å². The van der Waals surface area contributed by atoms with Crippen LogP contribution in [0.25, 0.3) is 22.4 Å². The van der Waals surface area contributed by atoms with Crippen LogP contribution >= 0.6 is 0 Å². The monoisotopic (exact) mass is 214 g/mol. The van der Waals surface area contributed by atoms with Crippen molar-refractivity contribution in [3.05, 3.63) is 42.7 Å². The van der Waals surface area contributed by atoms with E-state index in [1.54, 1.807) is 24.4 Å². The molecular weight excluding hydrogens is 207 g/mol. The van der Waals surface area contributed by atoms with Gasteiger partial charge < -0.3 is 4.98 Å². The number of pyridine rings is 1. The molecule has 5 heteroatoms. The van der Waals surface area contributed by atoms with Gasteiger partial charge in [0, 0.05) is 12.4 Å². The van der Waals surface area contributed by atoms with Crippen LogP contribution < -0.4 is 0 Å². The predicted octanol–water partition coefficient (Wildman–Crippen LogP) is 2.16. The largest absolute Gasteiger partial charge is 0.345 e. The molecular formula is C11H7FN4.